The number of halogens is 1. The normalized spacial score (nSPS) is 15.6. The van der Waals surface area contributed by atoms with Crippen LogP contribution >= 0.6 is 24.0 Å². The van der Waals surface area contributed by atoms with Gasteiger partial charge in [-0.3, -0.25) is 4.99 Å². The van der Waals surface area contributed by atoms with Crippen LogP contribution in [0.4, 0.5) is 4.79 Å². The molecule has 11 heteroatoms. The van der Waals surface area contributed by atoms with E-state index in [2.05, 4.69) is 15.6 Å². The standard InChI is InChI=1S/C16H32N4O5S.HI/c1-6-17-14(18-7-8-24-9-10-26(5,22)23)19-13-11-20(12-13)15(21)25-16(2,3)4;/h13H,6-12H2,1-5H3,(H2,17,18,19);1H. The molecule has 1 aliphatic heterocycles. The van der Waals surface area contributed by atoms with Crippen LogP contribution in [0.2, 0.25) is 0 Å². The molecular formula is C16H33IN4O5S. The van der Waals surface area contributed by atoms with E-state index in [1.807, 2.05) is 27.7 Å². The Labute approximate surface area is 179 Å². The lowest BCUT2D eigenvalue weighted by Gasteiger charge is -2.40. The van der Waals surface area contributed by atoms with E-state index in [9.17, 15) is 13.2 Å². The molecule has 0 unspecified atom stereocenters. The molecular weight excluding hydrogens is 487 g/mol. The average Bonchev–Trinajstić information content (AvgIpc) is 2.42. The average molecular weight is 520 g/mol. The van der Waals surface area contributed by atoms with Crippen molar-refractivity contribution in [3.63, 3.8) is 0 Å². The minimum absolute atomic E-state index is 0. The summed E-state index contributed by atoms with van der Waals surface area (Å²) >= 11 is 0. The Morgan fingerprint density at radius 1 is 1.26 bits per heavy atom. The molecule has 160 valence electrons. The second-order valence-corrected chi connectivity index (χ2v) is 9.49. The molecule has 0 spiro atoms. The zero-order chi connectivity index (χ0) is 19.8. The summed E-state index contributed by atoms with van der Waals surface area (Å²) in [6.45, 7) is 10.3. The van der Waals surface area contributed by atoms with Crippen molar-refractivity contribution in [1.82, 2.24) is 15.5 Å². The van der Waals surface area contributed by atoms with Crippen LogP contribution in [0.15, 0.2) is 4.99 Å². The van der Waals surface area contributed by atoms with E-state index in [0.29, 0.717) is 38.7 Å². The molecule has 1 saturated heterocycles. The topological polar surface area (TPSA) is 109 Å². The van der Waals surface area contributed by atoms with Gasteiger partial charge >= 0.3 is 6.09 Å². The maximum atomic E-state index is 11.9. The zero-order valence-electron chi connectivity index (χ0n) is 16.8. The molecule has 1 amide bonds. The van der Waals surface area contributed by atoms with Crippen LogP contribution in [0.3, 0.4) is 0 Å². The molecule has 0 atom stereocenters. The van der Waals surface area contributed by atoms with Gasteiger partial charge in [0.15, 0.2) is 5.96 Å². The number of aliphatic imine (C=N–C) groups is 1. The Morgan fingerprint density at radius 2 is 1.89 bits per heavy atom. The van der Waals surface area contributed by atoms with Gasteiger partial charge in [0.25, 0.3) is 0 Å². The fourth-order valence-electron chi connectivity index (χ4n) is 2.09. The van der Waals surface area contributed by atoms with Gasteiger partial charge in [0, 0.05) is 25.9 Å². The first-order chi connectivity index (χ1) is 12.0. The van der Waals surface area contributed by atoms with Crippen molar-refractivity contribution in [2.24, 2.45) is 4.99 Å². The third-order valence-electron chi connectivity index (χ3n) is 3.32. The third-order valence-corrected chi connectivity index (χ3v) is 4.23. The number of hydrogen-bond donors (Lipinski definition) is 2. The van der Waals surface area contributed by atoms with Crippen LogP contribution in [-0.2, 0) is 19.3 Å². The fourth-order valence-corrected chi connectivity index (χ4v) is 2.51. The summed E-state index contributed by atoms with van der Waals surface area (Å²) in [5, 5.41) is 6.39. The van der Waals surface area contributed by atoms with Crippen molar-refractivity contribution in [1.29, 1.82) is 0 Å². The van der Waals surface area contributed by atoms with Gasteiger partial charge in [0.1, 0.15) is 15.4 Å². The predicted octanol–water partition coefficient (Wildman–Crippen LogP) is 0.840. The van der Waals surface area contributed by atoms with Gasteiger partial charge in [0.05, 0.1) is 31.6 Å². The van der Waals surface area contributed by atoms with Gasteiger partial charge in [-0.15, -0.1) is 24.0 Å². The largest absolute Gasteiger partial charge is 0.444 e. The first kappa shape index (κ1) is 26.2. The number of nitrogens with zero attached hydrogens (tertiary/aromatic N) is 2. The maximum absolute atomic E-state index is 11.9. The quantitative estimate of drug-likeness (QED) is 0.211. The minimum atomic E-state index is -3.00. The smallest absolute Gasteiger partial charge is 0.410 e. The Kier molecular flexibility index (Phi) is 11.5. The van der Waals surface area contributed by atoms with E-state index in [4.69, 9.17) is 9.47 Å². The molecule has 0 aromatic heterocycles. The fraction of sp³-hybridized carbons (Fsp3) is 0.875. The van der Waals surface area contributed by atoms with Gasteiger partial charge in [-0.1, -0.05) is 0 Å². The molecule has 0 saturated carbocycles. The molecule has 1 fully saturated rings. The van der Waals surface area contributed by atoms with Crippen molar-refractivity contribution in [2.75, 3.05) is 51.4 Å². The van der Waals surface area contributed by atoms with E-state index in [1.54, 1.807) is 4.90 Å². The van der Waals surface area contributed by atoms with E-state index in [1.165, 1.54) is 6.26 Å². The molecule has 0 aromatic carbocycles. The number of sulfone groups is 1. The molecule has 1 rings (SSSR count). The van der Waals surface area contributed by atoms with Crippen molar-refractivity contribution in [3.05, 3.63) is 0 Å². The van der Waals surface area contributed by atoms with Crippen LogP contribution in [0.5, 0.6) is 0 Å². The number of amides is 1. The summed E-state index contributed by atoms with van der Waals surface area (Å²) in [7, 11) is -3.00. The third kappa shape index (κ3) is 12.3. The SMILES string of the molecule is CCNC(=NCCOCCS(C)(=O)=O)NC1CN(C(=O)OC(C)(C)C)C1.I. The van der Waals surface area contributed by atoms with Gasteiger partial charge in [-0.25, -0.2) is 13.2 Å². The number of carbonyl (C=O) groups is 1. The highest BCUT2D eigenvalue weighted by Crippen LogP contribution is 2.15. The van der Waals surface area contributed by atoms with Crippen molar-refractivity contribution in [3.8, 4) is 0 Å². The van der Waals surface area contributed by atoms with E-state index in [0.717, 1.165) is 0 Å². The second kappa shape index (κ2) is 11.9. The first-order valence-electron chi connectivity index (χ1n) is 8.78. The number of nitrogens with one attached hydrogen (secondary N) is 2. The zero-order valence-corrected chi connectivity index (χ0v) is 19.9. The lowest BCUT2D eigenvalue weighted by Crippen LogP contribution is -2.63. The van der Waals surface area contributed by atoms with Gasteiger partial charge < -0.3 is 25.0 Å². The number of guanidine groups is 1. The number of ether oxygens (including phenoxy) is 2. The van der Waals surface area contributed by atoms with Crippen molar-refractivity contribution < 1.29 is 22.7 Å². The highest BCUT2D eigenvalue weighted by atomic mass is 127. The molecule has 1 heterocycles. The Hall–Kier alpha value is -0.820. The molecule has 0 aliphatic carbocycles. The number of rotatable bonds is 8. The lowest BCUT2D eigenvalue weighted by molar-refractivity contribution is 0.00700. The summed E-state index contributed by atoms with van der Waals surface area (Å²) < 4.78 is 32.6. The molecule has 0 bridgehead atoms. The Bertz CT molecular complexity index is 586. The summed E-state index contributed by atoms with van der Waals surface area (Å²) in [6.07, 6.45) is 0.873. The molecule has 27 heavy (non-hydrogen) atoms. The molecule has 0 aromatic rings. The van der Waals surface area contributed by atoms with Crippen LogP contribution in [0.1, 0.15) is 27.7 Å². The monoisotopic (exact) mass is 520 g/mol. The maximum Gasteiger partial charge on any atom is 0.410 e. The summed E-state index contributed by atoms with van der Waals surface area (Å²) in [4.78, 5) is 17.9. The minimum Gasteiger partial charge on any atom is -0.444 e. The highest BCUT2D eigenvalue weighted by molar-refractivity contribution is 14.0. The Balaban J connectivity index is 0.00000676. The molecule has 9 nitrogen and oxygen atoms in total. The summed E-state index contributed by atoms with van der Waals surface area (Å²) in [5.74, 6) is 0.658. The van der Waals surface area contributed by atoms with Crippen molar-refractivity contribution in [2.45, 2.75) is 39.3 Å². The van der Waals surface area contributed by atoms with E-state index >= 15 is 0 Å². The number of hydrogen-bond acceptors (Lipinski definition) is 6. The van der Waals surface area contributed by atoms with Crippen LogP contribution in [0.25, 0.3) is 0 Å². The second-order valence-electron chi connectivity index (χ2n) is 7.23. The molecule has 1 aliphatic rings. The van der Waals surface area contributed by atoms with E-state index < -0.39 is 15.4 Å². The summed E-state index contributed by atoms with van der Waals surface area (Å²) in [6, 6.07) is 0.117. The van der Waals surface area contributed by atoms with Gasteiger partial charge in [-0.2, -0.15) is 0 Å². The molecule has 0 radical (unpaired) electrons. The predicted molar refractivity (Wildman–Crippen MR) is 117 cm³/mol. The molecule has 2 N–H and O–H groups in total. The number of likely N-dealkylation sites (tertiary alicyclic amines) is 1. The van der Waals surface area contributed by atoms with Crippen LogP contribution in [0, 0.1) is 0 Å². The number of carbonyl (C=O) groups excluding carboxylic acids is 1. The van der Waals surface area contributed by atoms with Gasteiger partial charge in [-0.05, 0) is 27.7 Å². The van der Waals surface area contributed by atoms with Crippen LogP contribution < -0.4 is 10.6 Å². The van der Waals surface area contributed by atoms with Crippen molar-refractivity contribution >= 4 is 45.9 Å². The summed E-state index contributed by atoms with van der Waals surface area (Å²) in [5.41, 5.74) is -0.497. The van der Waals surface area contributed by atoms with E-state index in [-0.39, 0.29) is 48.5 Å². The first-order valence-corrected chi connectivity index (χ1v) is 10.8. The van der Waals surface area contributed by atoms with Gasteiger partial charge in [0.2, 0.25) is 0 Å². The Morgan fingerprint density at radius 3 is 2.41 bits per heavy atom. The highest BCUT2D eigenvalue weighted by Gasteiger charge is 2.34. The lowest BCUT2D eigenvalue weighted by atomic mass is 10.1. The van der Waals surface area contributed by atoms with Crippen LogP contribution in [-0.4, -0.2) is 88.4 Å².